The molecule has 1 aromatic rings. The van der Waals surface area contributed by atoms with Gasteiger partial charge in [-0.3, -0.25) is 0 Å². The fourth-order valence-electron chi connectivity index (χ4n) is 2.16. The quantitative estimate of drug-likeness (QED) is 0.921. The van der Waals surface area contributed by atoms with Gasteiger partial charge in [0, 0.05) is 13.1 Å². The lowest BCUT2D eigenvalue weighted by molar-refractivity contribution is 0.0696. The van der Waals surface area contributed by atoms with Crippen molar-refractivity contribution in [2.45, 2.75) is 33.6 Å². The summed E-state index contributed by atoms with van der Waals surface area (Å²) in [6.07, 6.45) is 0. The molecule has 1 N–H and O–H groups in total. The van der Waals surface area contributed by atoms with Crippen LogP contribution < -0.4 is 4.90 Å². The van der Waals surface area contributed by atoms with E-state index in [1.54, 1.807) is 6.07 Å². The third-order valence-corrected chi connectivity index (χ3v) is 3.27. The van der Waals surface area contributed by atoms with Crippen LogP contribution in [0.3, 0.4) is 0 Å². The van der Waals surface area contributed by atoms with Crippen LogP contribution in [0.4, 0.5) is 5.69 Å². The number of benzene rings is 1. The van der Waals surface area contributed by atoms with Crippen molar-refractivity contribution in [3.63, 3.8) is 0 Å². The lowest BCUT2D eigenvalue weighted by Gasteiger charge is -2.30. The molecular weight excluding hydrogens is 254 g/mol. The molecule has 0 radical (unpaired) electrons. The van der Waals surface area contributed by atoms with Crippen molar-refractivity contribution in [1.82, 2.24) is 0 Å². The number of hydrogen-bond acceptors (Lipinski definition) is 3. The second kappa shape index (κ2) is 7.90. The number of carbonyl (C=O) groups is 1. The third kappa shape index (κ3) is 3.97. The van der Waals surface area contributed by atoms with Crippen LogP contribution in [0.1, 0.15) is 49.5 Å². The molecule has 1 aliphatic rings. The van der Waals surface area contributed by atoms with Crippen LogP contribution in [-0.2, 0) is 4.74 Å². The minimum atomic E-state index is -0.862. The Morgan fingerprint density at radius 2 is 1.85 bits per heavy atom. The van der Waals surface area contributed by atoms with Gasteiger partial charge in [-0.05, 0) is 23.6 Å². The maximum Gasteiger partial charge on any atom is 0.337 e. The summed E-state index contributed by atoms with van der Waals surface area (Å²) in [4.78, 5) is 13.5. The minimum Gasteiger partial charge on any atom is -0.478 e. The zero-order valence-electron chi connectivity index (χ0n) is 12.8. The van der Waals surface area contributed by atoms with Crippen LogP contribution in [0, 0.1) is 0 Å². The number of carboxylic acid groups (broad SMARTS) is 1. The molecule has 0 unspecified atom stereocenters. The molecule has 0 atom stereocenters. The van der Waals surface area contributed by atoms with Gasteiger partial charge in [0.15, 0.2) is 0 Å². The van der Waals surface area contributed by atoms with Crippen LogP contribution in [0.15, 0.2) is 18.2 Å². The van der Waals surface area contributed by atoms with Gasteiger partial charge < -0.3 is 14.7 Å². The van der Waals surface area contributed by atoms with Crippen molar-refractivity contribution in [2.75, 3.05) is 31.2 Å². The van der Waals surface area contributed by atoms with E-state index >= 15 is 0 Å². The second-order valence-corrected chi connectivity index (χ2v) is 4.84. The van der Waals surface area contributed by atoms with Gasteiger partial charge in [0.1, 0.15) is 0 Å². The highest BCUT2D eigenvalue weighted by Crippen LogP contribution is 2.26. The predicted octanol–water partition coefficient (Wildman–Crippen LogP) is 3.37. The van der Waals surface area contributed by atoms with E-state index in [0.29, 0.717) is 24.7 Å². The molecular formula is C16H25NO3. The van der Waals surface area contributed by atoms with Crippen molar-refractivity contribution >= 4 is 11.7 Å². The van der Waals surface area contributed by atoms with Crippen molar-refractivity contribution in [3.05, 3.63) is 29.3 Å². The van der Waals surface area contributed by atoms with Crippen LogP contribution >= 0.6 is 0 Å². The number of hydrogen-bond donors (Lipinski definition) is 1. The summed E-state index contributed by atoms with van der Waals surface area (Å²) in [5.74, 6) is -0.527. The van der Waals surface area contributed by atoms with Crippen molar-refractivity contribution in [2.24, 2.45) is 0 Å². The zero-order valence-corrected chi connectivity index (χ0v) is 12.8. The van der Waals surface area contributed by atoms with Gasteiger partial charge in [0.05, 0.1) is 24.5 Å². The normalized spacial score (nSPS) is 14.8. The number of ether oxygens (including phenoxy) is 1. The first kappa shape index (κ1) is 16.5. The van der Waals surface area contributed by atoms with Gasteiger partial charge in [0.25, 0.3) is 0 Å². The molecule has 0 bridgehead atoms. The lowest BCUT2D eigenvalue weighted by Crippen LogP contribution is -2.37. The first-order chi connectivity index (χ1) is 9.59. The fourth-order valence-corrected chi connectivity index (χ4v) is 2.16. The van der Waals surface area contributed by atoms with E-state index in [1.807, 2.05) is 26.0 Å². The van der Waals surface area contributed by atoms with Gasteiger partial charge in [0.2, 0.25) is 0 Å². The predicted molar refractivity (Wildman–Crippen MR) is 81.9 cm³/mol. The molecule has 1 aromatic carbocycles. The average Bonchev–Trinajstić information content (AvgIpc) is 2.49. The fraction of sp³-hybridized carbons (Fsp3) is 0.562. The Morgan fingerprint density at radius 1 is 1.25 bits per heavy atom. The van der Waals surface area contributed by atoms with Gasteiger partial charge in [-0.1, -0.05) is 33.8 Å². The van der Waals surface area contributed by atoms with E-state index in [-0.39, 0.29) is 0 Å². The molecule has 2 rings (SSSR count). The molecule has 1 saturated heterocycles. The van der Waals surface area contributed by atoms with E-state index < -0.39 is 5.97 Å². The van der Waals surface area contributed by atoms with Gasteiger partial charge in [-0.2, -0.15) is 0 Å². The Balaban J connectivity index is 0.000000956. The summed E-state index contributed by atoms with van der Waals surface area (Å²) in [5, 5.41) is 9.34. The molecule has 20 heavy (non-hydrogen) atoms. The zero-order chi connectivity index (χ0) is 15.1. The SMILES string of the molecule is CC.CC(C)c1ccc(N2CCOCC2)c(C(=O)O)c1. The highest BCUT2D eigenvalue weighted by molar-refractivity contribution is 5.94. The van der Waals surface area contributed by atoms with E-state index in [1.165, 1.54) is 0 Å². The Morgan fingerprint density at radius 3 is 2.35 bits per heavy atom. The molecule has 0 amide bonds. The number of anilines is 1. The molecule has 0 saturated carbocycles. The third-order valence-electron chi connectivity index (χ3n) is 3.27. The largest absolute Gasteiger partial charge is 0.478 e. The Hall–Kier alpha value is -1.55. The Labute approximate surface area is 121 Å². The summed E-state index contributed by atoms with van der Waals surface area (Å²) in [5.41, 5.74) is 2.25. The van der Waals surface area contributed by atoms with E-state index in [9.17, 15) is 9.90 Å². The number of morpholine rings is 1. The van der Waals surface area contributed by atoms with Crippen molar-refractivity contribution in [3.8, 4) is 0 Å². The molecule has 0 aromatic heterocycles. The summed E-state index contributed by atoms with van der Waals surface area (Å²) < 4.78 is 5.29. The molecule has 4 nitrogen and oxygen atoms in total. The molecule has 0 spiro atoms. The maximum atomic E-state index is 11.4. The second-order valence-electron chi connectivity index (χ2n) is 4.84. The Bertz CT molecular complexity index is 437. The van der Waals surface area contributed by atoms with Crippen molar-refractivity contribution < 1.29 is 14.6 Å². The molecule has 1 heterocycles. The monoisotopic (exact) mass is 279 g/mol. The summed E-state index contributed by atoms with van der Waals surface area (Å²) >= 11 is 0. The number of carboxylic acids is 1. The van der Waals surface area contributed by atoms with E-state index in [2.05, 4.69) is 18.7 Å². The topological polar surface area (TPSA) is 49.8 Å². The molecule has 1 aliphatic heterocycles. The molecule has 112 valence electrons. The van der Waals surface area contributed by atoms with E-state index in [0.717, 1.165) is 24.3 Å². The Kier molecular flexibility index (Phi) is 6.52. The van der Waals surface area contributed by atoms with Crippen LogP contribution in [-0.4, -0.2) is 37.4 Å². The summed E-state index contributed by atoms with van der Waals surface area (Å²) in [6.45, 7) is 10.9. The van der Waals surface area contributed by atoms with E-state index in [4.69, 9.17) is 4.74 Å². The molecule has 1 fully saturated rings. The minimum absolute atomic E-state index is 0.335. The first-order valence-electron chi connectivity index (χ1n) is 7.29. The first-order valence-corrected chi connectivity index (χ1v) is 7.29. The number of rotatable bonds is 3. The average molecular weight is 279 g/mol. The van der Waals surface area contributed by atoms with Crippen LogP contribution in [0.2, 0.25) is 0 Å². The number of aromatic carboxylic acids is 1. The lowest BCUT2D eigenvalue weighted by atomic mass is 9.99. The highest BCUT2D eigenvalue weighted by Gasteiger charge is 2.19. The van der Waals surface area contributed by atoms with Crippen LogP contribution in [0.5, 0.6) is 0 Å². The van der Waals surface area contributed by atoms with Gasteiger partial charge >= 0.3 is 5.97 Å². The number of nitrogens with zero attached hydrogens (tertiary/aromatic N) is 1. The smallest absolute Gasteiger partial charge is 0.337 e. The molecule has 0 aliphatic carbocycles. The van der Waals surface area contributed by atoms with Gasteiger partial charge in [-0.15, -0.1) is 0 Å². The summed E-state index contributed by atoms with van der Waals surface area (Å²) in [6, 6.07) is 5.73. The van der Waals surface area contributed by atoms with Crippen LogP contribution in [0.25, 0.3) is 0 Å². The van der Waals surface area contributed by atoms with Crippen molar-refractivity contribution in [1.29, 1.82) is 0 Å². The molecule has 4 heteroatoms. The summed E-state index contributed by atoms with van der Waals surface area (Å²) in [7, 11) is 0. The maximum absolute atomic E-state index is 11.4. The van der Waals surface area contributed by atoms with Gasteiger partial charge in [-0.25, -0.2) is 4.79 Å². The standard InChI is InChI=1S/C14H19NO3.C2H6/c1-10(2)11-3-4-13(12(9-11)14(16)17)15-5-7-18-8-6-15;1-2/h3-4,9-10H,5-8H2,1-2H3,(H,16,17);1-2H3. The highest BCUT2D eigenvalue weighted by atomic mass is 16.5.